The molecule has 1 aromatic rings. The number of rotatable bonds is 6. The molecule has 1 rings (SSSR count). The zero-order valence-electron chi connectivity index (χ0n) is 10.9. The van der Waals surface area contributed by atoms with Gasteiger partial charge in [0.25, 0.3) is 0 Å². The number of hydrogen-bond acceptors (Lipinski definition) is 2. The van der Waals surface area contributed by atoms with Crippen molar-refractivity contribution in [2.24, 2.45) is 0 Å². The number of methoxy groups -OCH3 is 1. The Kier molecular flexibility index (Phi) is 5.17. The lowest BCUT2D eigenvalue weighted by Crippen LogP contribution is -2.24. The molecule has 0 radical (unpaired) electrons. The van der Waals surface area contributed by atoms with Gasteiger partial charge in [-0.15, -0.1) is 0 Å². The predicted octanol–water partition coefficient (Wildman–Crippen LogP) is 3.71. The van der Waals surface area contributed by atoms with Gasteiger partial charge in [0.15, 0.2) is 0 Å². The van der Waals surface area contributed by atoms with Crippen LogP contribution in [0.3, 0.4) is 0 Å². The molecule has 0 heterocycles. The van der Waals surface area contributed by atoms with Crippen LogP contribution in [0.4, 0.5) is 0 Å². The first-order chi connectivity index (χ1) is 8.37. The van der Waals surface area contributed by atoms with Gasteiger partial charge in [0, 0.05) is 12.1 Å². The largest absolute Gasteiger partial charge is 0.481 e. The average molecular weight is 271 g/mol. The molecule has 1 atom stereocenters. The van der Waals surface area contributed by atoms with Crippen molar-refractivity contribution >= 4 is 17.6 Å². The molecule has 4 heteroatoms. The van der Waals surface area contributed by atoms with Crippen molar-refractivity contribution in [2.75, 3.05) is 7.11 Å². The van der Waals surface area contributed by atoms with Gasteiger partial charge < -0.3 is 9.84 Å². The number of halogens is 1. The molecule has 3 nitrogen and oxygen atoms in total. The van der Waals surface area contributed by atoms with Crippen LogP contribution in [0.2, 0.25) is 5.02 Å². The Hall–Kier alpha value is -1.06. The van der Waals surface area contributed by atoms with E-state index < -0.39 is 11.9 Å². The van der Waals surface area contributed by atoms with Gasteiger partial charge >= 0.3 is 5.97 Å². The Morgan fingerprint density at radius 3 is 2.56 bits per heavy atom. The maximum absolute atomic E-state index is 11.4. The molecule has 0 aliphatic heterocycles. The van der Waals surface area contributed by atoms with Crippen LogP contribution in [0.25, 0.3) is 0 Å². The molecule has 0 aliphatic rings. The summed E-state index contributed by atoms with van der Waals surface area (Å²) in [5.74, 6) is -1.44. The van der Waals surface area contributed by atoms with Crippen molar-refractivity contribution in [3.8, 4) is 0 Å². The summed E-state index contributed by atoms with van der Waals surface area (Å²) in [6.07, 6.45) is 1.16. The lowest BCUT2D eigenvalue weighted by molar-refractivity contribution is -0.139. The van der Waals surface area contributed by atoms with E-state index in [1.54, 1.807) is 31.4 Å². The summed E-state index contributed by atoms with van der Waals surface area (Å²) in [5, 5.41) is 9.82. The smallest absolute Gasteiger partial charge is 0.311 e. The fourth-order valence-electron chi connectivity index (χ4n) is 1.76. The summed E-state index contributed by atoms with van der Waals surface area (Å²) in [4.78, 5) is 11.4. The molecule has 1 N–H and O–H groups in total. The molecule has 0 aromatic heterocycles. The monoisotopic (exact) mass is 270 g/mol. The van der Waals surface area contributed by atoms with Crippen molar-refractivity contribution in [2.45, 2.75) is 38.2 Å². The van der Waals surface area contributed by atoms with Gasteiger partial charge in [-0.25, -0.2) is 0 Å². The SMILES string of the molecule is COC(C)(C)CCC(C(=O)O)c1ccccc1Cl. The number of ether oxygens (including phenoxy) is 1. The third-order valence-corrected chi connectivity index (χ3v) is 3.51. The zero-order chi connectivity index (χ0) is 13.8. The minimum Gasteiger partial charge on any atom is -0.481 e. The Bertz CT molecular complexity index is 415. The van der Waals surface area contributed by atoms with E-state index in [9.17, 15) is 9.90 Å². The molecule has 1 aromatic carbocycles. The summed E-state index contributed by atoms with van der Waals surface area (Å²) in [7, 11) is 1.63. The molecule has 0 saturated carbocycles. The van der Waals surface area contributed by atoms with Crippen LogP contribution in [-0.2, 0) is 9.53 Å². The average Bonchev–Trinajstić information content (AvgIpc) is 2.31. The first kappa shape index (κ1) is 15.0. The summed E-state index contributed by atoms with van der Waals surface area (Å²) in [6, 6.07) is 7.08. The van der Waals surface area contributed by atoms with E-state index in [2.05, 4.69) is 0 Å². The molecule has 0 bridgehead atoms. The normalized spacial score (nSPS) is 13.3. The van der Waals surface area contributed by atoms with Crippen molar-refractivity contribution in [3.05, 3.63) is 34.9 Å². The van der Waals surface area contributed by atoms with Gasteiger partial charge in [-0.3, -0.25) is 4.79 Å². The van der Waals surface area contributed by atoms with E-state index in [-0.39, 0.29) is 5.60 Å². The topological polar surface area (TPSA) is 46.5 Å². The molecular weight excluding hydrogens is 252 g/mol. The van der Waals surface area contributed by atoms with Gasteiger partial charge in [0.05, 0.1) is 11.5 Å². The number of carboxylic acid groups (broad SMARTS) is 1. The molecule has 1 unspecified atom stereocenters. The van der Waals surface area contributed by atoms with Crippen LogP contribution in [0.15, 0.2) is 24.3 Å². The second-order valence-electron chi connectivity index (χ2n) is 4.91. The second kappa shape index (κ2) is 6.21. The molecule has 0 saturated heterocycles. The lowest BCUT2D eigenvalue weighted by Gasteiger charge is -2.25. The van der Waals surface area contributed by atoms with Crippen molar-refractivity contribution in [1.82, 2.24) is 0 Å². The Labute approximate surface area is 113 Å². The number of hydrogen-bond donors (Lipinski definition) is 1. The lowest BCUT2D eigenvalue weighted by atomic mass is 9.89. The van der Waals surface area contributed by atoms with Gasteiger partial charge in [-0.2, -0.15) is 0 Å². The maximum atomic E-state index is 11.4. The Morgan fingerprint density at radius 2 is 2.06 bits per heavy atom. The maximum Gasteiger partial charge on any atom is 0.311 e. The highest BCUT2D eigenvalue weighted by molar-refractivity contribution is 6.31. The summed E-state index contributed by atoms with van der Waals surface area (Å²) in [5.41, 5.74) is 0.341. The van der Waals surface area contributed by atoms with Crippen molar-refractivity contribution in [3.63, 3.8) is 0 Å². The third-order valence-electron chi connectivity index (χ3n) is 3.17. The predicted molar refractivity (Wildman–Crippen MR) is 72.2 cm³/mol. The fourth-order valence-corrected chi connectivity index (χ4v) is 2.03. The van der Waals surface area contributed by atoms with E-state index in [0.29, 0.717) is 23.4 Å². The van der Waals surface area contributed by atoms with Gasteiger partial charge in [-0.1, -0.05) is 29.8 Å². The quantitative estimate of drug-likeness (QED) is 0.857. The van der Waals surface area contributed by atoms with Crippen LogP contribution >= 0.6 is 11.6 Å². The van der Waals surface area contributed by atoms with Crippen molar-refractivity contribution < 1.29 is 14.6 Å². The highest BCUT2D eigenvalue weighted by Gasteiger charge is 2.26. The van der Waals surface area contributed by atoms with Gasteiger partial charge in [0.1, 0.15) is 0 Å². The second-order valence-corrected chi connectivity index (χ2v) is 5.32. The highest BCUT2D eigenvalue weighted by atomic mass is 35.5. The Morgan fingerprint density at radius 1 is 1.44 bits per heavy atom. The van der Waals surface area contributed by atoms with Crippen LogP contribution in [0.1, 0.15) is 38.2 Å². The number of aliphatic carboxylic acids is 1. The van der Waals surface area contributed by atoms with Crippen LogP contribution in [-0.4, -0.2) is 23.8 Å². The first-order valence-corrected chi connectivity index (χ1v) is 6.27. The van der Waals surface area contributed by atoms with Crippen molar-refractivity contribution in [1.29, 1.82) is 0 Å². The molecule has 0 spiro atoms. The molecule has 18 heavy (non-hydrogen) atoms. The summed E-state index contributed by atoms with van der Waals surface area (Å²) < 4.78 is 5.31. The first-order valence-electron chi connectivity index (χ1n) is 5.90. The Balaban J connectivity index is 2.85. The van der Waals surface area contributed by atoms with Gasteiger partial charge in [-0.05, 0) is 38.3 Å². The van der Waals surface area contributed by atoms with E-state index in [0.717, 1.165) is 0 Å². The van der Waals surface area contributed by atoms with E-state index in [4.69, 9.17) is 16.3 Å². The number of benzene rings is 1. The molecule has 0 amide bonds. The van der Waals surface area contributed by atoms with E-state index in [1.165, 1.54) is 0 Å². The number of carbonyl (C=O) groups is 1. The highest BCUT2D eigenvalue weighted by Crippen LogP contribution is 2.30. The summed E-state index contributed by atoms with van der Waals surface area (Å²) in [6.45, 7) is 3.89. The zero-order valence-corrected chi connectivity index (χ0v) is 11.7. The molecule has 0 fully saturated rings. The van der Waals surface area contributed by atoms with Crippen LogP contribution < -0.4 is 0 Å². The summed E-state index contributed by atoms with van der Waals surface area (Å²) >= 11 is 6.05. The standard InChI is InChI=1S/C14H19ClO3/c1-14(2,18-3)9-8-11(13(16)17)10-6-4-5-7-12(10)15/h4-7,11H,8-9H2,1-3H3,(H,16,17). The van der Waals surface area contributed by atoms with E-state index >= 15 is 0 Å². The minimum absolute atomic E-state index is 0.324. The molecule has 0 aliphatic carbocycles. The van der Waals surface area contributed by atoms with Crippen LogP contribution in [0.5, 0.6) is 0 Å². The molecule has 100 valence electrons. The fraction of sp³-hybridized carbons (Fsp3) is 0.500. The van der Waals surface area contributed by atoms with E-state index in [1.807, 2.05) is 13.8 Å². The minimum atomic E-state index is -0.852. The molecular formula is C14H19ClO3. The third kappa shape index (κ3) is 4.00. The number of carboxylic acids is 1. The van der Waals surface area contributed by atoms with Crippen LogP contribution in [0, 0.1) is 0 Å². The van der Waals surface area contributed by atoms with Gasteiger partial charge in [0.2, 0.25) is 0 Å².